The lowest BCUT2D eigenvalue weighted by atomic mass is 9.87. The highest BCUT2D eigenvalue weighted by Crippen LogP contribution is 2.50. The molecule has 1 aliphatic heterocycles. The second-order valence-corrected chi connectivity index (χ2v) is 9.34. The first kappa shape index (κ1) is 21.4. The van der Waals surface area contributed by atoms with Crippen LogP contribution in [0.5, 0.6) is 0 Å². The average Bonchev–Trinajstić information content (AvgIpc) is 2.99. The van der Waals surface area contributed by atoms with Gasteiger partial charge in [0.15, 0.2) is 0 Å². The lowest BCUT2D eigenvalue weighted by Crippen LogP contribution is -2.12. The van der Waals surface area contributed by atoms with E-state index in [0.717, 1.165) is 17.1 Å². The minimum absolute atomic E-state index is 1.13. The zero-order valence-corrected chi connectivity index (χ0v) is 20.4. The normalized spacial score (nSPS) is 11.7. The molecule has 0 aromatic heterocycles. The third-order valence-electron chi connectivity index (χ3n) is 7.25. The highest BCUT2D eigenvalue weighted by Gasteiger charge is 2.24. The zero-order valence-electron chi connectivity index (χ0n) is 20.4. The van der Waals surface area contributed by atoms with Gasteiger partial charge in [0.2, 0.25) is 0 Å². The highest BCUT2D eigenvalue weighted by atomic mass is 15.1. The van der Waals surface area contributed by atoms with Gasteiger partial charge < -0.3 is 4.90 Å². The van der Waals surface area contributed by atoms with Gasteiger partial charge in [-0.1, -0.05) is 127 Å². The number of para-hydroxylation sites is 3. The van der Waals surface area contributed by atoms with Crippen molar-refractivity contribution in [3.8, 4) is 44.5 Å². The van der Waals surface area contributed by atoms with Crippen LogP contribution in [0.4, 0.5) is 17.1 Å². The van der Waals surface area contributed by atoms with Gasteiger partial charge in [-0.3, -0.25) is 0 Å². The van der Waals surface area contributed by atoms with Gasteiger partial charge in [-0.2, -0.15) is 0 Å². The van der Waals surface area contributed by atoms with Crippen LogP contribution in [0.15, 0.2) is 152 Å². The Morgan fingerprint density at radius 1 is 0.243 bits per heavy atom. The summed E-state index contributed by atoms with van der Waals surface area (Å²) >= 11 is 0. The summed E-state index contributed by atoms with van der Waals surface area (Å²) in [6.45, 7) is 0. The molecular formula is C36H25N. The quantitative estimate of drug-likeness (QED) is 0.230. The SMILES string of the molecule is c1ccc(N2c3ccccc3-c3ccccc3-c3ccccc3-c3ccccc3-c3ccccc32)cc1. The maximum atomic E-state index is 2.41. The van der Waals surface area contributed by atoms with E-state index in [1.807, 2.05) is 0 Å². The van der Waals surface area contributed by atoms with Crippen LogP contribution >= 0.6 is 0 Å². The summed E-state index contributed by atoms with van der Waals surface area (Å²) < 4.78 is 0. The zero-order chi connectivity index (χ0) is 24.6. The summed E-state index contributed by atoms with van der Waals surface area (Å²) in [4.78, 5) is 2.41. The molecule has 0 saturated carbocycles. The molecule has 0 saturated heterocycles. The molecule has 0 spiro atoms. The highest BCUT2D eigenvalue weighted by molar-refractivity contribution is 6.03. The number of hydrogen-bond donors (Lipinski definition) is 0. The van der Waals surface area contributed by atoms with E-state index in [-0.39, 0.29) is 0 Å². The maximum absolute atomic E-state index is 2.41. The number of anilines is 3. The smallest absolute Gasteiger partial charge is 0.0540 e. The van der Waals surface area contributed by atoms with Crippen molar-refractivity contribution in [1.82, 2.24) is 0 Å². The molecule has 6 aromatic carbocycles. The van der Waals surface area contributed by atoms with Gasteiger partial charge >= 0.3 is 0 Å². The van der Waals surface area contributed by atoms with Crippen molar-refractivity contribution in [2.45, 2.75) is 0 Å². The molecule has 174 valence electrons. The fraction of sp³-hybridized carbons (Fsp3) is 0. The summed E-state index contributed by atoms with van der Waals surface area (Å²) in [6, 6.07) is 54.7. The molecule has 1 heterocycles. The fourth-order valence-corrected chi connectivity index (χ4v) is 5.64. The van der Waals surface area contributed by atoms with Crippen LogP contribution in [0.1, 0.15) is 0 Å². The Kier molecular flexibility index (Phi) is 5.19. The third kappa shape index (κ3) is 3.56. The van der Waals surface area contributed by atoms with E-state index in [4.69, 9.17) is 0 Å². The second kappa shape index (κ2) is 8.96. The van der Waals surface area contributed by atoms with E-state index in [1.54, 1.807) is 0 Å². The fourth-order valence-electron chi connectivity index (χ4n) is 5.64. The van der Waals surface area contributed by atoms with Crippen LogP contribution in [0.2, 0.25) is 0 Å². The molecule has 1 aliphatic rings. The first-order chi connectivity index (χ1) is 18.4. The van der Waals surface area contributed by atoms with Crippen LogP contribution in [-0.2, 0) is 0 Å². The topological polar surface area (TPSA) is 3.24 Å². The van der Waals surface area contributed by atoms with Gasteiger partial charge in [-0.05, 0) is 57.6 Å². The largest absolute Gasteiger partial charge is 0.309 e. The van der Waals surface area contributed by atoms with Crippen molar-refractivity contribution in [1.29, 1.82) is 0 Å². The number of nitrogens with zero attached hydrogens (tertiary/aromatic N) is 1. The van der Waals surface area contributed by atoms with Gasteiger partial charge in [0.05, 0.1) is 11.4 Å². The molecule has 0 bridgehead atoms. The molecule has 6 aromatic rings. The van der Waals surface area contributed by atoms with E-state index < -0.39 is 0 Å². The van der Waals surface area contributed by atoms with Gasteiger partial charge in [-0.25, -0.2) is 0 Å². The Morgan fingerprint density at radius 2 is 0.514 bits per heavy atom. The first-order valence-corrected chi connectivity index (χ1v) is 12.7. The van der Waals surface area contributed by atoms with Gasteiger partial charge in [0.1, 0.15) is 0 Å². The van der Waals surface area contributed by atoms with E-state index in [1.165, 1.54) is 44.5 Å². The van der Waals surface area contributed by atoms with Crippen LogP contribution in [0.25, 0.3) is 44.5 Å². The summed E-state index contributed by atoms with van der Waals surface area (Å²) in [5, 5.41) is 0. The van der Waals surface area contributed by atoms with Crippen molar-refractivity contribution in [2.24, 2.45) is 0 Å². The van der Waals surface area contributed by atoms with Crippen molar-refractivity contribution >= 4 is 17.1 Å². The van der Waals surface area contributed by atoms with Crippen molar-refractivity contribution in [3.05, 3.63) is 152 Å². The Balaban J connectivity index is 1.69. The van der Waals surface area contributed by atoms with E-state index in [9.17, 15) is 0 Å². The molecule has 0 N–H and O–H groups in total. The van der Waals surface area contributed by atoms with E-state index >= 15 is 0 Å². The lowest BCUT2D eigenvalue weighted by molar-refractivity contribution is 1.28. The number of hydrogen-bond acceptors (Lipinski definition) is 1. The van der Waals surface area contributed by atoms with Crippen LogP contribution in [0, 0.1) is 0 Å². The Morgan fingerprint density at radius 3 is 0.892 bits per heavy atom. The molecule has 0 aliphatic carbocycles. The predicted molar refractivity (Wildman–Crippen MR) is 156 cm³/mol. The summed E-state index contributed by atoms with van der Waals surface area (Å²) in [5.74, 6) is 0. The molecule has 1 heteroatoms. The Bertz CT molecular complexity index is 1620. The number of benzene rings is 6. The Labute approximate surface area is 217 Å². The molecule has 0 atom stereocenters. The average molecular weight is 472 g/mol. The third-order valence-corrected chi connectivity index (χ3v) is 7.25. The van der Waals surface area contributed by atoms with E-state index in [2.05, 4.69) is 157 Å². The van der Waals surface area contributed by atoms with E-state index in [0.29, 0.717) is 0 Å². The molecule has 0 fully saturated rings. The Hall–Kier alpha value is -4.88. The molecule has 0 unspecified atom stereocenters. The van der Waals surface area contributed by atoms with Crippen LogP contribution < -0.4 is 4.90 Å². The molecule has 1 nitrogen and oxygen atoms in total. The van der Waals surface area contributed by atoms with Gasteiger partial charge in [-0.15, -0.1) is 0 Å². The number of rotatable bonds is 1. The summed E-state index contributed by atoms with van der Waals surface area (Å²) in [5.41, 5.74) is 13.3. The van der Waals surface area contributed by atoms with Crippen LogP contribution in [-0.4, -0.2) is 0 Å². The second-order valence-electron chi connectivity index (χ2n) is 9.34. The minimum atomic E-state index is 1.13. The van der Waals surface area contributed by atoms with Crippen molar-refractivity contribution < 1.29 is 0 Å². The molecule has 0 amide bonds. The molecule has 0 radical (unpaired) electrons. The molecular weight excluding hydrogens is 446 g/mol. The minimum Gasteiger partial charge on any atom is -0.309 e. The molecule has 37 heavy (non-hydrogen) atoms. The van der Waals surface area contributed by atoms with Crippen molar-refractivity contribution in [3.63, 3.8) is 0 Å². The summed E-state index contributed by atoms with van der Waals surface area (Å²) in [6.07, 6.45) is 0. The number of fused-ring (bicyclic) bond motifs is 9. The lowest BCUT2D eigenvalue weighted by Gasteiger charge is -2.30. The standard InChI is InChI=1S/C36H25N/c1-2-14-26(15-3-1)37-35-24-12-10-22-33(35)31-20-8-6-18-29(31)27-16-4-5-17-28(27)30-19-7-9-21-32(30)34-23-11-13-25-36(34)37/h1-25H. The predicted octanol–water partition coefficient (Wildman–Crippen LogP) is 10.1. The maximum Gasteiger partial charge on any atom is 0.0540 e. The first-order valence-electron chi connectivity index (χ1n) is 12.7. The van der Waals surface area contributed by atoms with Gasteiger partial charge in [0.25, 0.3) is 0 Å². The van der Waals surface area contributed by atoms with Gasteiger partial charge in [0, 0.05) is 16.8 Å². The van der Waals surface area contributed by atoms with Crippen LogP contribution in [0.3, 0.4) is 0 Å². The summed E-state index contributed by atoms with van der Waals surface area (Å²) in [7, 11) is 0. The molecule has 7 rings (SSSR count). The monoisotopic (exact) mass is 471 g/mol. The van der Waals surface area contributed by atoms with Crippen molar-refractivity contribution in [2.75, 3.05) is 4.90 Å².